The third kappa shape index (κ3) is 4.60. The minimum atomic E-state index is -0.137. The molecule has 1 aliphatic rings. The Morgan fingerprint density at radius 1 is 1.40 bits per heavy atom. The number of imidazole rings is 1. The standard InChI is InChI=1S/C19H26N4O2/c1-14(2)18-16(6-9-25-18)12-22-19(24)21-11-15-4-3-5-17(10-15)23-8-7-20-13-23/h3-5,7-8,10,13-14,16,18H,6,9,11-12H2,1-2H3,(H2,21,22,24)/t16-,18+/m0/s1. The second kappa shape index (κ2) is 8.16. The molecule has 6 heteroatoms. The molecule has 134 valence electrons. The first-order valence-electron chi connectivity index (χ1n) is 8.84. The van der Waals surface area contributed by atoms with Crippen molar-refractivity contribution in [2.45, 2.75) is 32.9 Å². The number of ether oxygens (including phenoxy) is 1. The fourth-order valence-electron chi connectivity index (χ4n) is 3.32. The fourth-order valence-corrected chi connectivity index (χ4v) is 3.32. The van der Waals surface area contributed by atoms with E-state index in [-0.39, 0.29) is 12.1 Å². The Balaban J connectivity index is 1.47. The summed E-state index contributed by atoms with van der Waals surface area (Å²) in [5.74, 6) is 0.874. The highest BCUT2D eigenvalue weighted by molar-refractivity contribution is 5.73. The van der Waals surface area contributed by atoms with Gasteiger partial charge >= 0.3 is 6.03 Å². The van der Waals surface area contributed by atoms with Gasteiger partial charge < -0.3 is 19.9 Å². The quantitative estimate of drug-likeness (QED) is 0.848. The topological polar surface area (TPSA) is 68.2 Å². The first-order valence-corrected chi connectivity index (χ1v) is 8.84. The highest BCUT2D eigenvalue weighted by Crippen LogP contribution is 2.26. The molecule has 6 nitrogen and oxygen atoms in total. The van der Waals surface area contributed by atoms with Crippen molar-refractivity contribution < 1.29 is 9.53 Å². The Morgan fingerprint density at radius 3 is 3.04 bits per heavy atom. The third-order valence-corrected chi connectivity index (χ3v) is 4.61. The molecule has 2 heterocycles. The van der Waals surface area contributed by atoms with Crippen LogP contribution in [0.25, 0.3) is 5.69 Å². The summed E-state index contributed by atoms with van der Waals surface area (Å²) in [6.07, 6.45) is 6.65. The van der Waals surface area contributed by atoms with Crippen LogP contribution < -0.4 is 10.6 Å². The van der Waals surface area contributed by atoms with Crippen molar-refractivity contribution in [1.29, 1.82) is 0 Å². The fraction of sp³-hybridized carbons (Fsp3) is 0.474. The molecule has 0 unspecified atom stereocenters. The van der Waals surface area contributed by atoms with Gasteiger partial charge in [0.2, 0.25) is 0 Å². The summed E-state index contributed by atoms with van der Waals surface area (Å²) in [6.45, 7) is 6.26. The van der Waals surface area contributed by atoms with Crippen molar-refractivity contribution >= 4 is 6.03 Å². The minimum Gasteiger partial charge on any atom is -0.378 e. The molecule has 1 aliphatic heterocycles. The Labute approximate surface area is 148 Å². The first kappa shape index (κ1) is 17.5. The highest BCUT2D eigenvalue weighted by atomic mass is 16.5. The van der Waals surface area contributed by atoms with Gasteiger partial charge in [-0.1, -0.05) is 26.0 Å². The Morgan fingerprint density at radius 2 is 2.28 bits per heavy atom. The number of carbonyl (C=O) groups excluding carboxylic acids is 1. The van der Waals surface area contributed by atoms with Crippen LogP contribution in [0, 0.1) is 11.8 Å². The predicted octanol–water partition coefficient (Wildman–Crippen LogP) is 2.73. The van der Waals surface area contributed by atoms with E-state index in [1.807, 2.05) is 35.0 Å². The van der Waals surface area contributed by atoms with Crippen molar-refractivity contribution in [2.24, 2.45) is 11.8 Å². The lowest BCUT2D eigenvalue weighted by atomic mass is 9.93. The van der Waals surface area contributed by atoms with Crippen LogP contribution in [0.1, 0.15) is 25.8 Å². The van der Waals surface area contributed by atoms with Crippen LogP contribution >= 0.6 is 0 Å². The van der Waals surface area contributed by atoms with Gasteiger partial charge in [-0.05, 0) is 30.0 Å². The molecular weight excluding hydrogens is 316 g/mol. The molecule has 0 spiro atoms. The van der Waals surface area contributed by atoms with E-state index in [0.717, 1.165) is 24.3 Å². The van der Waals surface area contributed by atoms with Gasteiger partial charge in [-0.3, -0.25) is 0 Å². The Kier molecular flexibility index (Phi) is 5.71. The van der Waals surface area contributed by atoms with Gasteiger partial charge in [0.05, 0.1) is 12.4 Å². The zero-order valence-electron chi connectivity index (χ0n) is 14.8. The monoisotopic (exact) mass is 342 g/mol. The maximum Gasteiger partial charge on any atom is 0.315 e. The Hall–Kier alpha value is -2.34. The SMILES string of the molecule is CC(C)[C@H]1OCC[C@H]1CNC(=O)NCc1cccc(-n2ccnc2)c1. The van der Waals surface area contributed by atoms with Gasteiger partial charge in [0.25, 0.3) is 0 Å². The maximum atomic E-state index is 12.1. The van der Waals surface area contributed by atoms with Crippen molar-refractivity contribution in [3.05, 3.63) is 48.5 Å². The van der Waals surface area contributed by atoms with Crippen LogP contribution in [0.15, 0.2) is 43.0 Å². The number of rotatable bonds is 6. The molecule has 1 saturated heterocycles. The van der Waals surface area contributed by atoms with Crippen LogP contribution in [0.2, 0.25) is 0 Å². The molecule has 1 aromatic carbocycles. The smallest absolute Gasteiger partial charge is 0.315 e. The van der Waals surface area contributed by atoms with E-state index >= 15 is 0 Å². The summed E-state index contributed by atoms with van der Waals surface area (Å²) in [5, 5.41) is 5.90. The van der Waals surface area contributed by atoms with Crippen LogP contribution in [0.3, 0.4) is 0 Å². The molecule has 2 atom stereocenters. The van der Waals surface area contributed by atoms with Gasteiger partial charge in [-0.15, -0.1) is 0 Å². The molecule has 1 fully saturated rings. The van der Waals surface area contributed by atoms with Crippen LogP contribution in [-0.2, 0) is 11.3 Å². The number of carbonyl (C=O) groups is 1. The molecule has 3 rings (SSSR count). The molecule has 2 amide bonds. The van der Waals surface area contributed by atoms with Crippen LogP contribution in [0.4, 0.5) is 4.79 Å². The van der Waals surface area contributed by atoms with Crippen molar-refractivity contribution in [1.82, 2.24) is 20.2 Å². The highest BCUT2D eigenvalue weighted by Gasteiger charge is 2.30. The zero-order chi connectivity index (χ0) is 17.6. The predicted molar refractivity (Wildman–Crippen MR) is 96.5 cm³/mol. The molecule has 2 N–H and O–H groups in total. The summed E-state index contributed by atoms with van der Waals surface area (Å²) in [7, 11) is 0. The lowest BCUT2D eigenvalue weighted by molar-refractivity contribution is 0.0545. The van der Waals surface area contributed by atoms with Gasteiger partial charge in [0.15, 0.2) is 0 Å². The molecular formula is C19H26N4O2. The number of urea groups is 1. The zero-order valence-corrected chi connectivity index (χ0v) is 14.8. The first-order chi connectivity index (χ1) is 12.1. The van der Waals surface area contributed by atoms with E-state index < -0.39 is 0 Å². The average Bonchev–Trinajstić information content (AvgIpc) is 3.29. The van der Waals surface area contributed by atoms with Gasteiger partial charge in [0.1, 0.15) is 0 Å². The largest absolute Gasteiger partial charge is 0.378 e. The van der Waals surface area contributed by atoms with E-state index in [2.05, 4.69) is 29.5 Å². The molecule has 1 aromatic heterocycles. The van der Waals surface area contributed by atoms with Crippen LogP contribution in [0.5, 0.6) is 0 Å². The van der Waals surface area contributed by atoms with E-state index in [0.29, 0.717) is 24.9 Å². The summed E-state index contributed by atoms with van der Waals surface area (Å²) in [5.41, 5.74) is 2.07. The number of nitrogens with one attached hydrogen (secondary N) is 2. The van der Waals surface area contributed by atoms with Crippen LogP contribution in [-0.4, -0.2) is 34.8 Å². The van der Waals surface area contributed by atoms with E-state index in [4.69, 9.17) is 4.74 Å². The number of amides is 2. The van der Waals surface area contributed by atoms with Crippen molar-refractivity contribution in [3.8, 4) is 5.69 Å². The lowest BCUT2D eigenvalue weighted by Crippen LogP contribution is -2.40. The molecule has 25 heavy (non-hydrogen) atoms. The average molecular weight is 342 g/mol. The minimum absolute atomic E-state index is 0.137. The normalized spacial score (nSPS) is 20.0. The molecule has 2 aromatic rings. The maximum absolute atomic E-state index is 12.1. The second-order valence-corrected chi connectivity index (χ2v) is 6.83. The number of benzene rings is 1. The summed E-state index contributed by atoms with van der Waals surface area (Å²) in [6, 6.07) is 7.90. The van der Waals surface area contributed by atoms with E-state index in [9.17, 15) is 4.79 Å². The summed E-state index contributed by atoms with van der Waals surface area (Å²) >= 11 is 0. The lowest BCUT2D eigenvalue weighted by Gasteiger charge is -2.22. The van der Waals surface area contributed by atoms with Gasteiger partial charge in [-0.25, -0.2) is 9.78 Å². The molecule has 0 bridgehead atoms. The second-order valence-electron chi connectivity index (χ2n) is 6.83. The number of hydrogen-bond acceptors (Lipinski definition) is 3. The molecule has 0 saturated carbocycles. The third-order valence-electron chi connectivity index (χ3n) is 4.61. The molecule has 0 aliphatic carbocycles. The number of hydrogen-bond donors (Lipinski definition) is 2. The van der Waals surface area contributed by atoms with Gasteiger partial charge in [0, 0.05) is 43.7 Å². The summed E-state index contributed by atoms with van der Waals surface area (Å²) in [4.78, 5) is 16.1. The summed E-state index contributed by atoms with van der Waals surface area (Å²) < 4.78 is 7.70. The van der Waals surface area contributed by atoms with Crippen molar-refractivity contribution in [3.63, 3.8) is 0 Å². The van der Waals surface area contributed by atoms with Crippen molar-refractivity contribution in [2.75, 3.05) is 13.2 Å². The van der Waals surface area contributed by atoms with E-state index in [1.54, 1.807) is 12.5 Å². The molecule has 0 radical (unpaired) electrons. The Bertz CT molecular complexity index is 684. The number of aromatic nitrogens is 2. The number of nitrogens with zero attached hydrogens (tertiary/aromatic N) is 2. The van der Waals surface area contributed by atoms with E-state index in [1.165, 1.54) is 0 Å². The van der Waals surface area contributed by atoms with Gasteiger partial charge in [-0.2, -0.15) is 0 Å².